The fourth-order valence-electron chi connectivity index (χ4n) is 3.81. The number of esters is 1. The molecule has 2 N–H and O–H groups in total. The molecule has 0 unspecified atom stereocenters. The van der Waals surface area contributed by atoms with E-state index in [1.807, 2.05) is 113 Å². The Bertz CT molecular complexity index is 1660. The van der Waals surface area contributed by atoms with E-state index in [0.29, 0.717) is 12.1 Å². The molecule has 0 aliphatic carbocycles. The van der Waals surface area contributed by atoms with Gasteiger partial charge in [0.15, 0.2) is 0 Å². The van der Waals surface area contributed by atoms with Crippen molar-refractivity contribution in [2.75, 3.05) is 25.0 Å². The summed E-state index contributed by atoms with van der Waals surface area (Å²) in [5, 5.41) is 8.67. The minimum absolute atomic E-state index is 0.346. The standard InChI is InChI=1S/C36H34N4O2/c1-36(2,3)42-35(41)31-16-12-27(13-17-31)8-10-29-6-5-7-30(26-29)11-9-28-14-18-32(19-15-28)38-39-33-20-22-34(23-21-33)40(4)25-24-37/h5-7,12-23,26H,24-25,37H2,1-4H3. The van der Waals surface area contributed by atoms with Gasteiger partial charge in [-0.3, -0.25) is 0 Å². The Morgan fingerprint density at radius 2 is 1.21 bits per heavy atom. The summed E-state index contributed by atoms with van der Waals surface area (Å²) < 4.78 is 5.41. The molecule has 210 valence electrons. The Morgan fingerprint density at radius 1 is 0.738 bits per heavy atom. The van der Waals surface area contributed by atoms with Crippen molar-refractivity contribution in [1.82, 2.24) is 0 Å². The smallest absolute Gasteiger partial charge is 0.338 e. The molecule has 0 atom stereocenters. The van der Waals surface area contributed by atoms with Crippen molar-refractivity contribution in [2.45, 2.75) is 26.4 Å². The van der Waals surface area contributed by atoms with Gasteiger partial charge in [0.05, 0.1) is 16.9 Å². The lowest BCUT2D eigenvalue weighted by molar-refractivity contribution is 0.00695. The fourth-order valence-corrected chi connectivity index (χ4v) is 3.81. The average Bonchev–Trinajstić information content (AvgIpc) is 2.98. The Morgan fingerprint density at radius 3 is 1.71 bits per heavy atom. The summed E-state index contributed by atoms with van der Waals surface area (Å²) in [5.74, 6) is 12.4. The third-order valence-electron chi connectivity index (χ3n) is 5.99. The van der Waals surface area contributed by atoms with Gasteiger partial charge in [0.25, 0.3) is 0 Å². The van der Waals surface area contributed by atoms with E-state index in [2.05, 4.69) is 38.8 Å². The van der Waals surface area contributed by atoms with Gasteiger partial charge >= 0.3 is 5.97 Å². The summed E-state index contributed by atoms with van der Waals surface area (Å²) in [7, 11) is 2.01. The van der Waals surface area contributed by atoms with Gasteiger partial charge in [-0.05, 0) is 112 Å². The van der Waals surface area contributed by atoms with Crippen molar-refractivity contribution in [3.63, 3.8) is 0 Å². The number of hydrogen-bond acceptors (Lipinski definition) is 6. The van der Waals surface area contributed by atoms with E-state index in [1.165, 1.54) is 0 Å². The number of nitrogens with zero attached hydrogens (tertiary/aromatic N) is 3. The van der Waals surface area contributed by atoms with Crippen LogP contribution in [0, 0.1) is 23.7 Å². The molecule has 0 saturated carbocycles. The van der Waals surface area contributed by atoms with Crippen LogP contribution in [0.2, 0.25) is 0 Å². The second-order valence-electron chi connectivity index (χ2n) is 10.6. The molecule has 0 heterocycles. The molecule has 0 fully saturated rings. The number of hydrogen-bond donors (Lipinski definition) is 1. The number of nitrogens with two attached hydrogens (primary N) is 1. The van der Waals surface area contributed by atoms with Crippen LogP contribution in [0.1, 0.15) is 53.4 Å². The first-order valence-electron chi connectivity index (χ1n) is 13.7. The van der Waals surface area contributed by atoms with Gasteiger partial charge in [-0.25, -0.2) is 4.79 Å². The molecule has 0 amide bonds. The second kappa shape index (κ2) is 13.9. The molecule has 42 heavy (non-hydrogen) atoms. The molecule has 0 saturated heterocycles. The average molecular weight is 555 g/mol. The van der Waals surface area contributed by atoms with Crippen molar-refractivity contribution < 1.29 is 9.53 Å². The molecule has 4 rings (SSSR count). The number of likely N-dealkylation sites (N-methyl/N-ethyl adjacent to an activating group) is 1. The zero-order valence-corrected chi connectivity index (χ0v) is 24.4. The van der Waals surface area contributed by atoms with Crippen LogP contribution >= 0.6 is 0 Å². The summed E-state index contributed by atoms with van der Waals surface area (Å²) >= 11 is 0. The Hall–Kier alpha value is -5.17. The van der Waals surface area contributed by atoms with Crippen molar-refractivity contribution in [2.24, 2.45) is 16.0 Å². The summed E-state index contributed by atoms with van der Waals surface area (Å²) in [5.41, 5.74) is 11.6. The maximum Gasteiger partial charge on any atom is 0.338 e. The molecule has 0 aliphatic rings. The number of rotatable bonds is 6. The van der Waals surface area contributed by atoms with Crippen molar-refractivity contribution in [3.8, 4) is 23.7 Å². The molecule has 4 aromatic carbocycles. The first-order chi connectivity index (χ1) is 20.2. The van der Waals surface area contributed by atoms with Crippen LogP contribution in [0.5, 0.6) is 0 Å². The van der Waals surface area contributed by atoms with E-state index in [-0.39, 0.29) is 5.97 Å². The molecule has 6 heteroatoms. The van der Waals surface area contributed by atoms with Crippen LogP contribution < -0.4 is 10.6 Å². The SMILES string of the molecule is CN(CCN)c1ccc(N=Nc2ccc(C#Cc3cccc(C#Cc4ccc(C(=O)OC(C)(C)C)cc4)c3)cc2)cc1. The fraction of sp³-hybridized carbons (Fsp3) is 0.194. The molecule has 6 nitrogen and oxygen atoms in total. The van der Waals surface area contributed by atoms with Crippen molar-refractivity contribution in [1.29, 1.82) is 0 Å². The summed E-state index contributed by atoms with van der Waals surface area (Å²) in [6, 6.07) is 30.4. The zero-order chi connectivity index (χ0) is 30.0. The van der Waals surface area contributed by atoms with Crippen LogP contribution in [-0.2, 0) is 4.74 Å². The Labute approximate surface area is 248 Å². The maximum atomic E-state index is 12.2. The van der Waals surface area contributed by atoms with Gasteiger partial charge in [-0.15, -0.1) is 0 Å². The van der Waals surface area contributed by atoms with Crippen molar-refractivity contribution >= 4 is 23.0 Å². The quantitative estimate of drug-likeness (QED) is 0.155. The predicted molar refractivity (Wildman–Crippen MR) is 169 cm³/mol. The largest absolute Gasteiger partial charge is 0.456 e. The van der Waals surface area contributed by atoms with Gasteiger partial charge in [0.1, 0.15) is 5.60 Å². The van der Waals surface area contributed by atoms with Crippen LogP contribution in [-0.4, -0.2) is 31.7 Å². The predicted octanol–water partition coefficient (Wildman–Crippen LogP) is 7.25. The topological polar surface area (TPSA) is 80.3 Å². The highest BCUT2D eigenvalue weighted by molar-refractivity contribution is 5.89. The minimum Gasteiger partial charge on any atom is -0.456 e. The molecular formula is C36H34N4O2. The Kier molecular flexibility index (Phi) is 9.90. The van der Waals surface area contributed by atoms with E-state index >= 15 is 0 Å². The Balaban J connectivity index is 1.36. The summed E-state index contributed by atoms with van der Waals surface area (Å²) in [4.78, 5) is 14.3. The summed E-state index contributed by atoms with van der Waals surface area (Å²) in [6.07, 6.45) is 0. The number of carbonyl (C=O) groups is 1. The number of anilines is 1. The maximum absolute atomic E-state index is 12.2. The van der Waals surface area contributed by atoms with Crippen LogP contribution in [0.3, 0.4) is 0 Å². The zero-order valence-electron chi connectivity index (χ0n) is 24.4. The molecule has 0 spiro atoms. The number of azo groups is 1. The van der Waals surface area contributed by atoms with Gasteiger partial charge in [-0.2, -0.15) is 10.2 Å². The first kappa shape index (κ1) is 29.8. The normalized spacial score (nSPS) is 10.8. The van der Waals surface area contributed by atoms with Crippen LogP contribution in [0.4, 0.5) is 17.1 Å². The van der Waals surface area contributed by atoms with Crippen LogP contribution in [0.25, 0.3) is 0 Å². The van der Waals surface area contributed by atoms with Gasteiger partial charge in [-0.1, -0.05) is 29.7 Å². The molecule has 0 aromatic heterocycles. The highest BCUT2D eigenvalue weighted by atomic mass is 16.6. The monoisotopic (exact) mass is 554 g/mol. The number of benzene rings is 4. The number of carbonyl (C=O) groups excluding carboxylic acids is 1. The third-order valence-corrected chi connectivity index (χ3v) is 5.99. The summed E-state index contributed by atoms with van der Waals surface area (Å²) in [6.45, 7) is 6.94. The number of ether oxygens (including phenoxy) is 1. The molecule has 0 bridgehead atoms. The van der Waals surface area contributed by atoms with E-state index < -0.39 is 5.60 Å². The second-order valence-corrected chi connectivity index (χ2v) is 10.6. The van der Waals surface area contributed by atoms with Gasteiger partial charge < -0.3 is 15.4 Å². The minimum atomic E-state index is -0.532. The van der Waals surface area contributed by atoms with E-state index in [1.54, 1.807) is 12.1 Å². The van der Waals surface area contributed by atoms with Gasteiger partial charge in [0, 0.05) is 48.1 Å². The third kappa shape index (κ3) is 9.20. The lowest BCUT2D eigenvalue weighted by atomic mass is 10.1. The highest BCUT2D eigenvalue weighted by Gasteiger charge is 2.17. The van der Waals surface area contributed by atoms with Crippen LogP contribution in [0.15, 0.2) is 107 Å². The van der Waals surface area contributed by atoms with E-state index in [0.717, 1.165) is 45.9 Å². The van der Waals surface area contributed by atoms with E-state index in [9.17, 15) is 4.79 Å². The first-order valence-corrected chi connectivity index (χ1v) is 13.7. The van der Waals surface area contributed by atoms with E-state index in [4.69, 9.17) is 10.5 Å². The highest BCUT2D eigenvalue weighted by Crippen LogP contribution is 2.22. The molecule has 0 aliphatic heterocycles. The lowest BCUT2D eigenvalue weighted by Crippen LogP contribution is -2.24. The molecular weight excluding hydrogens is 520 g/mol. The van der Waals surface area contributed by atoms with Gasteiger partial charge in [0.2, 0.25) is 0 Å². The molecule has 0 radical (unpaired) electrons. The lowest BCUT2D eigenvalue weighted by Gasteiger charge is -2.19. The molecule has 4 aromatic rings. The van der Waals surface area contributed by atoms with Crippen molar-refractivity contribution in [3.05, 3.63) is 125 Å².